The molecule has 0 aliphatic heterocycles. The van der Waals surface area contributed by atoms with Crippen molar-refractivity contribution in [3.8, 4) is 0 Å². The summed E-state index contributed by atoms with van der Waals surface area (Å²) < 4.78 is 10.2. The number of aryl methyl sites for hydroxylation is 1. The number of aliphatic hydroxyl groups is 2. The van der Waals surface area contributed by atoms with E-state index in [1.165, 1.54) is 12.0 Å². The lowest BCUT2D eigenvalue weighted by Gasteiger charge is -2.14. The van der Waals surface area contributed by atoms with Crippen LogP contribution in [0, 0.1) is 6.92 Å². The van der Waals surface area contributed by atoms with Gasteiger partial charge in [-0.15, -0.1) is 11.3 Å². The number of aromatic nitrogens is 1. The molecule has 1 aromatic rings. The van der Waals surface area contributed by atoms with E-state index in [4.69, 9.17) is 9.47 Å². The molecule has 0 amide bonds. The Morgan fingerprint density at radius 3 is 2.60 bits per heavy atom. The quantitative estimate of drug-likeness (QED) is 0.498. The monoisotopic (exact) mass is 304 g/mol. The molecule has 0 spiro atoms. The van der Waals surface area contributed by atoms with Crippen molar-refractivity contribution in [2.24, 2.45) is 0 Å². The van der Waals surface area contributed by atoms with E-state index < -0.39 is 12.2 Å². The summed E-state index contributed by atoms with van der Waals surface area (Å²) in [6.45, 7) is 3.91. The van der Waals surface area contributed by atoms with Crippen molar-refractivity contribution in [3.63, 3.8) is 0 Å². The molecule has 0 bridgehead atoms. The number of hydrogen-bond acceptors (Lipinski definition) is 7. The summed E-state index contributed by atoms with van der Waals surface area (Å²) in [5.74, 6) is 0. The van der Waals surface area contributed by atoms with E-state index in [0.717, 1.165) is 12.1 Å². The Labute approximate surface area is 123 Å². The molecule has 0 radical (unpaired) electrons. The van der Waals surface area contributed by atoms with Crippen molar-refractivity contribution in [2.45, 2.75) is 25.6 Å². The summed E-state index contributed by atoms with van der Waals surface area (Å²) in [7, 11) is 1.54. The van der Waals surface area contributed by atoms with E-state index in [9.17, 15) is 10.2 Å². The van der Waals surface area contributed by atoms with Crippen LogP contribution < -0.4 is 5.32 Å². The zero-order chi connectivity index (χ0) is 14.8. The fourth-order valence-electron chi connectivity index (χ4n) is 1.68. The second-order valence-electron chi connectivity index (χ2n) is 4.61. The maximum Gasteiger partial charge on any atom is 0.0897 e. The van der Waals surface area contributed by atoms with Gasteiger partial charge in [0.2, 0.25) is 0 Å². The first-order valence-electron chi connectivity index (χ1n) is 6.66. The SMILES string of the molecule is COCC(O)CNCC(O)COCCc1scnc1C. The van der Waals surface area contributed by atoms with Crippen LogP contribution in [0.3, 0.4) is 0 Å². The van der Waals surface area contributed by atoms with Gasteiger partial charge in [-0.2, -0.15) is 0 Å². The molecule has 1 rings (SSSR count). The molecular formula is C13H24N2O4S. The highest BCUT2D eigenvalue weighted by Crippen LogP contribution is 2.12. The average molecular weight is 304 g/mol. The largest absolute Gasteiger partial charge is 0.389 e. The number of thiazole rings is 1. The number of rotatable bonds is 11. The summed E-state index contributed by atoms with van der Waals surface area (Å²) in [6, 6.07) is 0. The van der Waals surface area contributed by atoms with Gasteiger partial charge in [0.25, 0.3) is 0 Å². The maximum absolute atomic E-state index is 9.69. The number of nitrogens with one attached hydrogen (secondary N) is 1. The van der Waals surface area contributed by atoms with Crippen molar-refractivity contribution < 1.29 is 19.7 Å². The van der Waals surface area contributed by atoms with Crippen LogP contribution in [-0.4, -0.2) is 67.4 Å². The van der Waals surface area contributed by atoms with Crippen LogP contribution in [0.1, 0.15) is 10.6 Å². The van der Waals surface area contributed by atoms with Gasteiger partial charge in [0.15, 0.2) is 0 Å². The van der Waals surface area contributed by atoms with Gasteiger partial charge in [0.05, 0.1) is 43.2 Å². The smallest absolute Gasteiger partial charge is 0.0897 e. The minimum Gasteiger partial charge on any atom is -0.389 e. The predicted molar refractivity (Wildman–Crippen MR) is 78.1 cm³/mol. The number of nitrogens with zero attached hydrogens (tertiary/aromatic N) is 1. The van der Waals surface area contributed by atoms with Gasteiger partial charge in [0, 0.05) is 31.5 Å². The molecule has 116 valence electrons. The summed E-state index contributed by atoms with van der Waals surface area (Å²) in [4.78, 5) is 5.39. The lowest BCUT2D eigenvalue weighted by atomic mass is 10.3. The van der Waals surface area contributed by atoms with Crippen molar-refractivity contribution in [1.29, 1.82) is 0 Å². The van der Waals surface area contributed by atoms with Crippen LogP contribution in [0.2, 0.25) is 0 Å². The van der Waals surface area contributed by atoms with E-state index >= 15 is 0 Å². The lowest BCUT2D eigenvalue weighted by molar-refractivity contribution is 0.0321. The van der Waals surface area contributed by atoms with E-state index in [0.29, 0.717) is 19.7 Å². The molecule has 1 heterocycles. The third-order valence-corrected chi connectivity index (χ3v) is 3.74. The normalized spacial score (nSPS) is 14.4. The predicted octanol–water partition coefficient (Wildman–Crippen LogP) is -0.0316. The Morgan fingerprint density at radius 1 is 1.30 bits per heavy atom. The van der Waals surface area contributed by atoms with Crippen molar-refractivity contribution in [2.75, 3.05) is 40.0 Å². The molecule has 0 saturated heterocycles. The molecule has 0 fully saturated rings. The van der Waals surface area contributed by atoms with Gasteiger partial charge < -0.3 is 25.0 Å². The second kappa shape index (κ2) is 10.2. The molecule has 0 aliphatic carbocycles. The minimum absolute atomic E-state index is 0.283. The van der Waals surface area contributed by atoms with Crippen LogP contribution >= 0.6 is 11.3 Å². The Hall–Kier alpha value is -0.570. The van der Waals surface area contributed by atoms with Crippen LogP contribution in [0.4, 0.5) is 0 Å². The molecule has 1 aromatic heterocycles. The van der Waals surface area contributed by atoms with Gasteiger partial charge >= 0.3 is 0 Å². The van der Waals surface area contributed by atoms with Gasteiger partial charge in [-0.25, -0.2) is 4.98 Å². The standard InChI is InChI=1S/C13H24N2O4S/c1-10-13(20-9-15-10)3-4-19-8-12(17)6-14-5-11(16)7-18-2/h9,11-12,14,16-17H,3-8H2,1-2H3. The van der Waals surface area contributed by atoms with Crippen molar-refractivity contribution >= 4 is 11.3 Å². The molecule has 2 atom stereocenters. The van der Waals surface area contributed by atoms with E-state index in [2.05, 4.69) is 10.3 Å². The molecular weight excluding hydrogens is 280 g/mol. The third kappa shape index (κ3) is 7.28. The zero-order valence-electron chi connectivity index (χ0n) is 12.0. The van der Waals surface area contributed by atoms with E-state index in [-0.39, 0.29) is 13.2 Å². The number of aliphatic hydroxyl groups excluding tert-OH is 2. The summed E-state index contributed by atoms with van der Waals surface area (Å²) in [6.07, 6.45) is -0.307. The summed E-state index contributed by atoms with van der Waals surface area (Å²) >= 11 is 1.62. The Morgan fingerprint density at radius 2 is 2.00 bits per heavy atom. The Balaban J connectivity index is 2.00. The van der Waals surface area contributed by atoms with Crippen LogP contribution in [0.25, 0.3) is 0 Å². The average Bonchev–Trinajstić information content (AvgIpc) is 2.81. The highest BCUT2D eigenvalue weighted by Gasteiger charge is 2.07. The molecule has 6 nitrogen and oxygen atoms in total. The van der Waals surface area contributed by atoms with Crippen molar-refractivity contribution in [3.05, 3.63) is 16.1 Å². The molecule has 20 heavy (non-hydrogen) atoms. The fraction of sp³-hybridized carbons (Fsp3) is 0.769. The first-order chi connectivity index (χ1) is 9.63. The molecule has 0 aromatic carbocycles. The Bertz CT molecular complexity index is 362. The van der Waals surface area contributed by atoms with Crippen LogP contribution in [-0.2, 0) is 15.9 Å². The molecule has 2 unspecified atom stereocenters. The Kier molecular flexibility index (Phi) is 8.92. The lowest BCUT2D eigenvalue weighted by Crippen LogP contribution is -2.36. The highest BCUT2D eigenvalue weighted by atomic mass is 32.1. The third-order valence-electron chi connectivity index (χ3n) is 2.75. The molecule has 0 aliphatic rings. The topological polar surface area (TPSA) is 83.8 Å². The van der Waals surface area contributed by atoms with Gasteiger partial charge in [-0.1, -0.05) is 0 Å². The van der Waals surface area contributed by atoms with Gasteiger partial charge in [-0.05, 0) is 6.92 Å². The molecule has 3 N–H and O–H groups in total. The second-order valence-corrected chi connectivity index (χ2v) is 5.55. The molecule has 7 heteroatoms. The minimum atomic E-state index is -0.577. The zero-order valence-corrected chi connectivity index (χ0v) is 12.9. The first kappa shape index (κ1) is 17.5. The summed E-state index contributed by atoms with van der Waals surface area (Å²) in [5.41, 5.74) is 2.88. The molecule has 0 saturated carbocycles. The van der Waals surface area contributed by atoms with Crippen LogP contribution in [0.5, 0.6) is 0 Å². The van der Waals surface area contributed by atoms with Crippen molar-refractivity contribution in [1.82, 2.24) is 10.3 Å². The number of methoxy groups -OCH3 is 1. The maximum atomic E-state index is 9.69. The first-order valence-corrected chi connectivity index (χ1v) is 7.54. The number of ether oxygens (including phenoxy) is 2. The van der Waals surface area contributed by atoms with Gasteiger partial charge in [0.1, 0.15) is 0 Å². The number of hydrogen-bond donors (Lipinski definition) is 3. The summed E-state index contributed by atoms with van der Waals surface area (Å²) in [5, 5.41) is 22.1. The fourth-order valence-corrected chi connectivity index (χ4v) is 2.44. The van der Waals surface area contributed by atoms with Crippen LogP contribution in [0.15, 0.2) is 5.51 Å². The highest BCUT2D eigenvalue weighted by molar-refractivity contribution is 7.09. The van der Waals surface area contributed by atoms with Gasteiger partial charge in [-0.3, -0.25) is 0 Å². The van der Waals surface area contributed by atoms with E-state index in [1.807, 2.05) is 12.4 Å². The van der Waals surface area contributed by atoms with E-state index in [1.54, 1.807) is 11.3 Å².